The molecule has 0 bridgehead atoms. The summed E-state index contributed by atoms with van der Waals surface area (Å²) >= 11 is 5.29. The lowest BCUT2D eigenvalue weighted by atomic mass is 10.3. The third kappa shape index (κ3) is 2.23. The summed E-state index contributed by atoms with van der Waals surface area (Å²) in [6.45, 7) is 0.267. The molecule has 0 saturated heterocycles. The Bertz CT molecular complexity index is 422. The van der Waals surface area contributed by atoms with Gasteiger partial charge in [0, 0.05) is 18.3 Å². The van der Waals surface area contributed by atoms with E-state index in [0.29, 0.717) is 0 Å². The first-order valence-corrected chi connectivity index (χ1v) is 4.28. The van der Waals surface area contributed by atoms with Gasteiger partial charge in [-0.2, -0.15) is 0 Å². The predicted octanol–water partition coefficient (Wildman–Crippen LogP) is 1.30. The number of carboxylic acid groups (broad SMARTS) is 1. The largest absolute Gasteiger partial charge is 0.477 e. The Hall–Kier alpha value is -1.55. The van der Waals surface area contributed by atoms with Crippen molar-refractivity contribution in [2.24, 2.45) is 0 Å². The fourth-order valence-corrected chi connectivity index (χ4v) is 1.08. The summed E-state index contributed by atoms with van der Waals surface area (Å²) in [6, 6.07) is 2.78. The Morgan fingerprint density at radius 3 is 2.93 bits per heavy atom. The molecule has 0 unspecified atom stereocenters. The summed E-state index contributed by atoms with van der Waals surface area (Å²) in [7, 11) is 0. The molecule has 0 fully saturated rings. The van der Waals surface area contributed by atoms with Crippen molar-refractivity contribution < 1.29 is 9.90 Å². The third-order valence-corrected chi connectivity index (χ3v) is 1.82. The number of pyridine rings is 1. The number of hydrogen-bond donors (Lipinski definition) is 1. The molecule has 0 atom stereocenters. The number of halogens is 1. The smallest absolute Gasteiger partial charge is 0.341 e. The Balaban J connectivity index is 3.14. The maximum Gasteiger partial charge on any atom is 0.341 e. The van der Waals surface area contributed by atoms with Crippen molar-refractivity contribution in [1.29, 1.82) is 0 Å². The number of nitrogens with zero attached hydrogens (tertiary/aromatic N) is 1. The van der Waals surface area contributed by atoms with Crippen LogP contribution in [0.2, 0.25) is 0 Å². The quantitative estimate of drug-likeness (QED) is 0.823. The highest BCUT2D eigenvalue weighted by Crippen LogP contribution is 1.92. The number of allylic oxidation sites excluding steroid dienone is 1. The molecule has 5 heteroatoms. The summed E-state index contributed by atoms with van der Waals surface area (Å²) in [5, 5.41) is 8.66. The van der Waals surface area contributed by atoms with Gasteiger partial charge in [0.2, 0.25) is 0 Å². The van der Waals surface area contributed by atoms with Gasteiger partial charge in [-0.15, -0.1) is 0 Å². The normalized spacial score (nSPS) is 10.6. The maximum absolute atomic E-state index is 11.4. The molecule has 0 aliphatic rings. The van der Waals surface area contributed by atoms with Crippen molar-refractivity contribution >= 4 is 17.6 Å². The Kier molecular flexibility index (Phi) is 3.48. The molecule has 14 heavy (non-hydrogen) atoms. The van der Waals surface area contributed by atoms with Crippen LogP contribution in [0.25, 0.3) is 0 Å². The molecule has 0 amide bonds. The highest BCUT2D eigenvalue weighted by molar-refractivity contribution is 6.25. The molecular weight excluding hydrogens is 206 g/mol. The van der Waals surface area contributed by atoms with Gasteiger partial charge >= 0.3 is 5.97 Å². The van der Waals surface area contributed by atoms with Crippen molar-refractivity contribution in [2.75, 3.05) is 0 Å². The van der Waals surface area contributed by atoms with E-state index in [0.717, 1.165) is 0 Å². The minimum absolute atomic E-state index is 0.240. The number of rotatable bonds is 3. The van der Waals surface area contributed by atoms with Crippen LogP contribution in [0.5, 0.6) is 0 Å². The molecule has 1 aromatic rings. The van der Waals surface area contributed by atoms with E-state index in [1.807, 2.05) is 0 Å². The molecule has 1 rings (SSSR count). The van der Waals surface area contributed by atoms with Crippen molar-refractivity contribution in [2.45, 2.75) is 6.54 Å². The van der Waals surface area contributed by atoms with E-state index in [4.69, 9.17) is 16.7 Å². The number of carboxylic acids is 1. The second-order valence-corrected chi connectivity index (χ2v) is 2.80. The minimum atomic E-state index is -1.22. The van der Waals surface area contributed by atoms with Crippen molar-refractivity contribution in [3.05, 3.63) is 45.9 Å². The van der Waals surface area contributed by atoms with Crippen molar-refractivity contribution in [3.63, 3.8) is 0 Å². The zero-order valence-corrected chi connectivity index (χ0v) is 7.94. The van der Waals surface area contributed by atoms with E-state index in [9.17, 15) is 9.59 Å². The number of carbonyl (C=O) groups is 1. The Morgan fingerprint density at radius 1 is 1.64 bits per heavy atom. The van der Waals surface area contributed by atoms with Crippen LogP contribution >= 0.6 is 11.6 Å². The Labute approximate surface area is 85.1 Å². The van der Waals surface area contributed by atoms with Gasteiger partial charge < -0.3 is 9.67 Å². The molecule has 0 saturated carbocycles. The van der Waals surface area contributed by atoms with E-state index in [-0.39, 0.29) is 12.1 Å². The van der Waals surface area contributed by atoms with Gasteiger partial charge in [-0.05, 0) is 12.1 Å². The highest BCUT2D eigenvalue weighted by Gasteiger charge is 2.08. The van der Waals surface area contributed by atoms with E-state index >= 15 is 0 Å². The SMILES string of the molecule is O=C(O)c1cccn(C/C=C/Cl)c1=O. The number of aromatic nitrogens is 1. The van der Waals surface area contributed by atoms with Gasteiger partial charge in [0.05, 0.1) is 0 Å². The second kappa shape index (κ2) is 4.62. The van der Waals surface area contributed by atoms with Crippen LogP contribution < -0.4 is 5.56 Å². The number of aromatic carboxylic acids is 1. The third-order valence-electron chi connectivity index (χ3n) is 1.64. The van der Waals surface area contributed by atoms with Gasteiger partial charge in [-0.3, -0.25) is 4.79 Å². The lowest BCUT2D eigenvalue weighted by Gasteiger charge is -2.01. The van der Waals surface area contributed by atoms with Crippen LogP contribution in [0.4, 0.5) is 0 Å². The average molecular weight is 214 g/mol. The highest BCUT2D eigenvalue weighted by atomic mass is 35.5. The summed E-state index contributed by atoms with van der Waals surface area (Å²) in [5.41, 5.74) is 0.505. The summed E-state index contributed by atoms with van der Waals surface area (Å²) < 4.78 is 1.27. The van der Waals surface area contributed by atoms with E-state index in [1.54, 1.807) is 6.08 Å². The molecule has 0 spiro atoms. The molecule has 0 radical (unpaired) electrons. The summed E-state index contributed by atoms with van der Waals surface area (Å²) in [6.07, 6.45) is 3.06. The second-order valence-electron chi connectivity index (χ2n) is 2.55. The standard InChI is InChI=1S/C9H8ClNO3/c10-4-2-6-11-5-1-3-7(8(11)12)9(13)14/h1-5H,6H2,(H,13,14)/b4-2+. The van der Waals surface area contributed by atoms with Crippen LogP contribution in [0.3, 0.4) is 0 Å². The molecule has 4 nitrogen and oxygen atoms in total. The van der Waals surface area contributed by atoms with Crippen LogP contribution in [-0.2, 0) is 6.54 Å². The fraction of sp³-hybridized carbons (Fsp3) is 0.111. The van der Waals surface area contributed by atoms with Gasteiger partial charge in [-0.1, -0.05) is 17.7 Å². The first-order chi connectivity index (χ1) is 6.66. The summed E-state index contributed by atoms with van der Waals surface area (Å²) in [4.78, 5) is 22.0. The number of hydrogen-bond acceptors (Lipinski definition) is 2. The first-order valence-electron chi connectivity index (χ1n) is 3.85. The minimum Gasteiger partial charge on any atom is -0.477 e. The molecule has 1 heterocycles. The van der Waals surface area contributed by atoms with Gasteiger partial charge in [0.15, 0.2) is 0 Å². The molecule has 1 N–H and O–H groups in total. The fourth-order valence-electron chi connectivity index (χ4n) is 0.997. The topological polar surface area (TPSA) is 59.3 Å². The first kappa shape index (κ1) is 10.5. The van der Waals surface area contributed by atoms with E-state index < -0.39 is 11.5 Å². The maximum atomic E-state index is 11.4. The van der Waals surface area contributed by atoms with Gasteiger partial charge in [-0.25, -0.2) is 4.79 Å². The lowest BCUT2D eigenvalue weighted by molar-refractivity contribution is 0.0694. The summed E-state index contributed by atoms with van der Waals surface area (Å²) in [5.74, 6) is -1.22. The molecular formula is C9H8ClNO3. The van der Waals surface area contributed by atoms with Crippen LogP contribution in [0.15, 0.2) is 34.7 Å². The van der Waals surface area contributed by atoms with Crippen LogP contribution in [0.1, 0.15) is 10.4 Å². The van der Waals surface area contributed by atoms with Crippen molar-refractivity contribution in [3.8, 4) is 0 Å². The molecule has 1 aromatic heterocycles. The Morgan fingerprint density at radius 2 is 2.36 bits per heavy atom. The zero-order valence-electron chi connectivity index (χ0n) is 7.18. The van der Waals surface area contributed by atoms with E-state index in [2.05, 4.69) is 0 Å². The monoisotopic (exact) mass is 213 g/mol. The molecule has 74 valence electrons. The van der Waals surface area contributed by atoms with Gasteiger partial charge in [0.25, 0.3) is 5.56 Å². The molecule has 0 aromatic carbocycles. The van der Waals surface area contributed by atoms with Crippen LogP contribution in [0, 0.1) is 0 Å². The zero-order chi connectivity index (χ0) is 10.6. The average Bonchev–Trinajstić information content (AvgIpc) is 2.16. The van der Waals surface area contributed by atoms with Crippen molar-refractivity contribution in [1.82, 2.24) is 4.57 Å². The molecule has 0 aliphatic carbocycles. The van der Waals surface area contributed by atoms with Gasteiger partial charge in [0.1, 0.15) is 5.56 Å². The molecule has 0 aliphatic heterocycles. The predicted molar refractivity (Wildman–Crippen MR) is 52.7 cm³/mol. The lowest BCUT2D eigenvalue weighted by Crippen LogP contribution is -2.25. The van der Waals surface area contributed by atoms with Crippen LogP contribution in [-0.4, -0.2) is 15.6 Å². The van der Waals surface area contributed by atoms with E-state index in [1.165, 1.54) is 28.4 Å².